The summed E-state index contributed by atoms with van der Waals surface area (Å²) in [5.41, 5.74) is 6.29. The zero-order chi connectivity index (χ0) is 12.5. The van der Waals surface area contributed by atoms with Crippen LogP contribution >= 0.6 is 0 Å². The standard InChI is InChI=1S/C12H19N3O2/c1-2-3-8-17-9-7-15-12(16)11-10(13)5-4-6-14-11/h4-6H,2-3,7-9,13H2,1H3,(H,15,16). The first-order chi connectivity index (χ1) is 8.25. The number of nitrogens with zero attached hydrogens (tertiary/aromatic N) is 1. The maximum atomic E-state index is 11.6. The highest BCUT2D eigenvalue weighted by Gasteiger charge is 2.09. The number of anilines is 1. The van der Waals surface area contributed by atoms with Crippen molar-refractivity contribution in [3.8, 4) is 0 Å². The summed E-state index contributed by atoms with van der Waals surface area (Å²) < 4.78 is 5.32. The number of nitrogen functional groups attached to an aromatic ring is 1. The fourth-order valence-electron chi connectivity index (χ4n) is 1.28. The van der Waals surface area contributed by atoms with E-state index >= 15 is 0 Å². The van der Waals surface area contributed by atoms with Crippen LogP contribution < -0.4 is 11.1 Å². The summed E-state index contributed by atoms with van der Waals surface area (Å²) in [6.45, 7) is 3.82. The number of pyridine rings is 1. The highest BCUT2D eigenvalue weighted by atomic mass is 16.5. The summed E-state index contributed by atoms with van der Waals surface area (Å²) in [4.78, 5) is 15.6. The molecule has 0 saturated carbocycles. The molecule has 1 aromatic heterocycles. The van der Waals surface area contributed by atoms with Gasteiger partial charge in [0.25, 0.3) is 5.91 Å². The van der Waals surface area contributed by atoms with Crippen molar-refractivity contribution < 1.29 is 9.53 Å². The van der Waals surface area contributed by atoms with Gasteiger partial charge < -0.3 is 15.8 Å². The van der Waals surface area contributed by atoms with Crippen LogP contribution in [-0.2, 0) is 4.74 Å². The van der Waals surface area contributed by atoms with Crippen LogP contribution in [0.5, 0.6) is 0 Å². The zero-order valence-electron chi connectivity index (χ0n) is 10.1. The van der Waals surface area contributed by atoms with Crippen molar-refractivity contribution in [3.63, 3.8) is 0 Å². The Morgan fingerprint density at radius 3 is 3.06 bits per heavy atom. The lowest BCUT2D eigenvalue weighted by atomic mass is 10.3. The largest absolute Gasteiger partial charge is 0.397 e. The molecule has 0 aliphatic carbocycles. The van der Waals surface area contributed by atoms with Crippen LogP contribution in [0.15, 0.2) is 18.3 Å². The van der Waals surface area contributed by atoms with Gasteiger partial charge in [-0.2, -0.15) is 0 Å². The van der Waals surface area contributed by atoms with Crippen molar-refractivity contribution in [1.82, 2.24) is 10.3 Å². The second-order valence-corrected chi connectivity index (χ2v) is 3.66. The summed E-state index contributed by atoms with van der Waals surface area (Å²) in [5, 5.41) is 2.71. The number of carbonyl (C=O) groups is 1. The second kappa shape index (κ2) is 7.62. The van der Waals surface area contributed by atoms with Crippen molar-refractivity contribution in [2.45, 2.75) is 19.8 Å². The predicted octanol–water partition coefficient (Wildman–Crippen LogP) is 1.21. The van der Waals surface area contributed by atoms with Crippen LogP contribution in [0.25, 0.3) is 0 Å². The van der Waals surface area contributed by atoms with E-state index in [0.29, 0.717) is 18.8 Å². The maximum Gasteiger partial charge on any atom is 0.272 e. The molecule has 1 rings (SSSR count). The summed E-state index contributed by atoms with van der Waals surface area (Å²) in [7, 11) is 0. The van der Waals surface area contributed by atoms with Gasteiger partial charge in [0.05, 0.1) is 12.3 Å². The van der Waals surface area contributed by atoms with Crippen LogP contribution in [0.2, 0.25) is 0 Å². The van der Waals surface area contributed by atoms with E-state index < -0.39 is 0 Å². The number of nitrogens with one attached hydrogen (secondary N) is 1. The van der Waals surface area contributed by atoms with E-state index in [2.05, 4.69) is 17.2 Å². The molecular formula is C12H19N3O2. The fraction of sp³-hybridized carbons (Fsp3) is 0.500. The van der Waals surface area contributed by atoms with E-state index in [0.717, 1.165) is 19.4 Å². The first-order valence-corrected chi connectivity index (χ1v) is 5.82. The molecule has 0 aromatic carbocycles. The minimum atomic E-state index is -0.262. The molecule has 0 spiro atoms. The van der Waals surface area contributed by atoms with Gasteiger partial charge in [-0.3, -0.25) is 4.79 Å². The molecule has 1 amide bonds. The first-order valence-electron chi connectivity index (χ1n) is 5.82. The molecule has 5 heteroatoms. The Bertz CT molecular complexity index is 355. The van der Waals surface area contributed by atoms with Gasteiger partial charge in [0, 0.05) is 19.3 Å². The van der Waals surface area contributed by atoms with E-state index in [1.807, 2.05) is 0 Å². The number of carbonyl (C=O) groups excluding carboxylic acids is 1. The molecule has 0 bridgehead atoms. The van der Waals surface area contributed by atoms with Gasteiger partial charge in [0.1, 0.15) is 0 Å². The monoisotopic (exact) mass is 237 g/mol. The first kappa shape index (κ1) is 13.4. The van der Waals surface area contributed by atoms with Crippen molar-refractivity contribution in [1.29, 1.82) is 0 Å². The lowest BCUT2D eigenvalue weighted by Crippen LogP contribution is -2.28. The molecule has 1 aromatic rings. The van der Waals surface area contributed by atoms with E-state index in [9.17, 15) is 4.79 Å². The molecular weight excluding hydrogens is 218 g/mol. The minimum absolute atomic E-state index is 0.262. The fourth-order valence-corrected chi connectivity index (χ4v) is 1.28. The van der Waals surface area contributed by atoms with Crippen LogP contribution in [0, 0.1) is 0 Å². The minimum Gasteiger partial charge on any atom is -0.397 e. The van der Waals surface area contributed by atoms with Gasteiger partial charge in [-0.05, 0) is 18.6 Å². The number of unbranched alkanes of at least 4 members (excludes halogenated alkanes) is 1. The van der Waals surface area contributed by atoms with Gasteiger partial charge in [0.15, 0.2) is 5.69 Å². The van der Waals surface area contributed by atoms with E-state index in [4.69, 9.17) is 10.5 Å². The summed E-state index contributed by atoms with van der Waals surface area (Å²) in [6, 6.07) is 3.35. The van der Waals surface area contributed by atoms with Crippen LogP contribution in [0.4, 0.5) is 5.69 Å². The number of amides is 1. The molecule has 0 fully saturated rings. The molecule has 17 heavy (non-hydrogen) atoms. The number of hydrogen-bond donors (Lipinski definition) is 2. The molecule has 0 unspecified atom stereocenters. The molecule has 0 radical (unpaired) electrons. The molecule has 94 valence electrons. The van der Waals surface area contributed by atoms with Crippen LogP contribution in [-0.4, -0.2) is 30.6 Å². The summed E-state index contributed by atoms with van der Waals surface area (Å²) >= 11 is 0. The smallest absolute Gasteiger partial charge is 0.272 e. The normalized spacial score (nSPS) is 10.2. The molecule has 1 heterocycles. The van der Waals surface area contributed by atoms with Gasteiger partial charge in [-0.1, -0.05) is 13.3 Å². The lowest BCUT2D eigenvalue weighted by Gasteiger charge is -2.06. The van der Waals surface area contributed by atoms with Crippen molar-refractivity contribution in [2.24, 2.45) is 0 Å². The third-order valence-corrected chi connectivity index (χ3v) is 2.23. The van der Waals surface area contributed by atoms with E-state index in [-0.39, 0.29) is 11.6 Å². The number of ether oxygens (including phenoxy) is 1. The molecule has 0 saturated heterocycles. The van der Waals surface area contributed by atoms with Gasteiger partial charge in [-0.25, -0.2) is 4.98 Å². The average molecular weight is 237 g/mol. The van der Waals surface area contributed by atoms with Crippen molar-refractivity contribution in [3.05, 3.63) is 24.0 Å². The molecule has 3 N–H and O–H groups in total. The second-order valence-electron chi connectivity index (χ2n) is 3.66. The van der Waals surface area contributed by atoms with Crippen LogP contribution in [0.3, 0.4) is 0 Å². The van der Waals surface area contributed by atoms with E-state index in [1.54, 1.807) is 18.3 Å². The van der Waals surface area contributed by atoms with Crippen molar-refractivity contribution >= 4 is 11.6 Å². The Hall–Kier alpha value is -1.62. The molecule has 0 aliphatic rings. The Morgan fingerprint density at radius 1 is 1.53 bits per heavy atom. The molecule has 5 nitrogen and oxygen atoms in total. The van der Waals surface area contributed by atoms with Crippen LogP contribution in [0.1, 0.15) is 30.3 Å². The van der Waals surface area contributed by atoms with Gasteiger partial charge >= 0.3 is 0 Å². The molecule has 0 atom stereocenters. The average Bonchev–Trinajstić information content (AvgIpc) is 2.34. The van der Waals surface area contributed by atoms with Gasteiger partial charge in [0.2, 0.25) is 0 Å². The number of aromatic nitrogens is 1. The Kier molecular flexibility index (Phi) is 6.03. The van der Waals surface area contributed by atoms with E-state index in [1.165, 1.54) is 0 Å². The molecule has 0 aliphatic heterocycles. The predicted molar refractivity (Wildman–Crippen MR) is 66.7 cm³/mol. The Morgan fingerprint density at radius 2 is 2.35 bits per heavy atom. The third-order valence-electron chi connectivity index (χ3n) is 2.23. The highest BCUT2D eigenvalue weighted by Crippen LogP contribution is 2.05. The van der Waals surface area contributed by atoms with Crippen molar-refractivity contribution in [2.75, 3.05) is 25.5 Å². The maximum absolute atomic E-state index is 11.6. The van der Waals surface area contributed by atoms with Gasteiger partial charge in [-0.15, -0.1) is 0 Å². The topological polar surface area (TPSA) is 77.2 Å². The third kappa shape index (κ3) is 4.82. The number of rotatable bonds is 7. The Balaban J connectivity index is 2.24. The number of nitrogens with two attached hydrogens (primary N) is 1. The summed E-state index contributed by atoms with van der Waals surface area (Å²) in [5.74, 6) is -0.262. The highest BCUT2D eigenvalue weighted by molar-refractivity contribution is 5.96. The lowest BCUT2D eigenvalue weighted by molar-refractivity contribution is 0.0909. The SMILES string of the molecule is CCCCOCCNC(=O)c1ncccc1N. The Labute approximate surface area is 101 Å². The number of hydrogen-bond acceptors (Lipinski definition) is 4. The summed E-state index contributed by atoms with van der Waals surface area (Å²) in [6.07, 6.45) is 3.70. The quantitative estimate of drug-likeness (QED) is 0.699. The zero-order valence-corrected chi connectivity index (χ0v) is 10.1.